The number of nitrogens with one attached hydrogen (secondary N) is 1. The van der Waals surface area contributed by atoms with Crippen molar-refractivity contribution in [2.75, 3.05) is 20.3 Å². The van der Waals surface area contributed by atoms with E-state index in [0.717, 1.165) is 36.9 Å². The highest BCUT2D eigenvalue weighted by Crippen LogP contribution is 2.61. The lowest BCUT2D eigenvalue weighted by Crippen LogP contribution is -2.49. The molecule has 0 spiro atoms. The van der Waals surface area contributed by atoms with E-state index in [1.807, 2.05) is 0 Å². The van der Waals surface area contributed by atoms with E-state index in [1.165, 1.54) is 12.8 Å². The molecule has 19 heavy (non-hydrogen) atoms. The van der Waals surface area contributed by atoms with Crippen LogP contribution in [0.25, 0.3) is 0 Å². The third-order valence-corrected chi connectivity index (χ3v) is 6.72. The van der Waals surface area contributed by atoms with E-state index in [2.05, 4.69) is 12.4 Å². The molecule has 0 aromatic rings. The molecule has 1 heterocycles. The van der Waals surface area contributed by atoms with Crippen LogP contribution < -0.4 is 5.32 Å². The maximum atomic E-state index is 5.62. The first-order valence-electron chi connectivity index (χ1n) is 8.51. The Morgan fingerprint density at radius 1 is 1.11 bits per heavy atom. The summed E-state index contributed by atoms with van der Waals surface area (Å²) in [5, 5.41) is 3.64. The van der Waals surface area contributed by atoms with E-state index < -0.39 is 0 Å². The minimum Gasteiger partial charge on any atom is -0.381 e. The number of ether oxygens (including phenoxy) is 1. The fourth-order valence-corrected chi connectivity index (χ4v) is 6.38. The van der Waals surface area contributed by atoms with Gasteiger partial charge in [-0.25, -0.2) is 0 Å². The molecule has 2 atom stereocenters. The molecule has 1 saturated heterocycles. The van der Waals surface area contributed by atoms with Crippen LogP contribution >= 0.6 is 0 Å². The lowest BCUT2D eigenvalue weighted by atomic mass is 9.48. The summed E-state index contributed by atoms with van der Waals surface area (Å²) in [6.07, 6.45) is 12.0. The maximum Gasteiger partial charge on any atom is 0.0510 e. The van der Waals surface area contributed by atoms with Crippen LogP contribution in [0.3, 0.4) is 0 Å². The first-order chi connectivity index (χ1) is 9.26. The summed E-state index contributed by atoms with van der Waals surface area (Å²) in [5.74, 6) is 4.04. The Bertz CT molecular complexity index is 299. The summed E-state index contributed by atoms with van der Waals surface area (Å²) in [7, 11) is 2.17. The predicted octanol–water partition coefficient (Wildman–Crippen LogP) is 3.22. The molecule has 5 rings (SSSR count). The van der Waals surface area contributed by atoms with Crippen LogP contribution in [0.5, 0.6) is 0 Å². The second-order valence-corrected chi connectivity index (χ2v) is 8.14. The van der Waals surface area contributed by atoms with Crippen molar-refractivity contribution in [3.63, 3.8) is 0 Å². The first kappa shape index (κ1) is 12.6. The van der Waals surface area contributed by atoms with Crippen LogP contribution in [0.1, 0.15) is 51.4 Å². The zero-order valence-electron chi connectivity index (χ0n) is 12.4. The lowest BCUT2D eigenvalue weighted by molar-refractivity contribution is -0.0646. The molecule has 108 valence electrons. The van der Waals surface area contributed by atoms with Gasteiger partial charge >= 0.3 is 0 Å². The number of hydrogen-bond acceptors (Lipinski definition) is 2. The zero-order valence-corrected chi connectivity index (χ0v) is 12.4. The molecule has 5 aliphatic rings. The number of rotatable bonds is 4. The minimum atomic E-state index is 0.707. The second kappa shape index (κ2) is 4.73. The Morgan fingerprint density at radius 3 is 2.21 bits per heavy atom. The van der Waals surface area contributed by atoms with Crippen molar-refractivity contribution in [2.24, 2.45) is 29.1 Å². The monoisotopic (exact) mass is 263 g/mol. The molecule has 5 fully saturated rings. The lowest BCUT2D eigenvalue weighted by Gasteiger charge is -2.58. The summed E-state index contributed by atoms with van der Waals surface area (Å²) >= 11 is 0. The molecule has 1 aliphatic heterocycles. The molecule has 0 amide bonds. The standard InChI is InChI=1S/C17H29NO/c1-18-16(15-2-3-19-11-15)10-17-7-12-4-13(8-17)6-14(5-12)9-17/h12-16,18H,2-11H2,1H3. The van der Waals surface area contributed by atoms with Gasteiger partial charge in [-0.15, -0.1) is 0 Å². The molecule has 4 aliphatic carbocycles. The smallest absolute Gasteiger partial charge is 0.0510 e. The summed E-state index contributed by atoms with van der Waals surface area (Å²) in [6.45, 7) is 1.99. The molecule has 4 saturated carbocycles. The molecule has 2 heteroatoms. The first-order valence-corrected chi connectivity index (χ1v) is 8.51. The summed E-state index contributed by atoms with van der Waals surface area (Å²) < 4.78 is 5.62. The van der Waals surface area contributed by atoms with Crippen molar-refractivity contribution < 1.29 is 4.74 Å². The van der Waals surface area contributed by atoms with Crippen molar-refractivity contribution in [3.8, 4) is 0 Å². The average molecular weight is 263 g/mol. The molecular formula is C17H29NO. The highest BCUT2D eigenvalue weighted by molar-refractivity contribution is 5.03. The topological polar surface area (TPSA) is 21.3 Å². The van der Waals surface area contributed by atoms with E-state index in [4.69, 9.17) is 4.74 Å². The predicted molar refractivity (Wildman–Crippen MR) is 77.0 cm³/mol. The highest BCUT2D eigenvalue weighted by atomic mass is 16.5. The third-order valence-electron chi connectivity index (χ3n) is 6.72. The summed E-state index contributed by atoms with van der Waals surface area (Å²) in [4.78, 5) is 0. The maximum absolute atomic E-state index is 5.62. The van der Waals surface area contributed by atoms with Crippen LogP contribution in [0.15, 0.2) is 0 Å². The second-order valence-electron chi connectivity index (χ2n) is 8.14. The molecule has 0 aromatic carbocycles. The van der Waals surface area contributed by atoms with Crippen molar-refractivity contribution in [1.82, 2.24) is 5.32 Å². The van der Waals surface area contributed by atoms with Gasteiger partial charge in [0.15, 0.2) is 0 Å². The van der Waals surface area contributed by atoms with Crippen molar-refractivity contribution >= 4 is 0 Å². The molecule has 2 nitrogen and oxygen atoms in total. The zero-order chi connectivity index (χ0) is 12.9. The summed E-state index contributed by atoms with van der Waals surface area (Å²) in [6, 6.07) is 0.707. The van der Waals surface area contributed by atoms with Gasteiger partial charge < -0.3 is 10.1 Å². The Labute approximate surface area is 117 Å². The Hall–Kier alpha value is -0.0800. The van der Waals surface area contributed by atoms with Crippen molar-refractivity contribution in [3.05, 3.63) is 0 Å². The van der Waals surface area contributed by atoms with Gasteiger partial charge in [0.25, 0.3) is 0 Å². The van der Waals surface area contributed by atoms with E-state index in [1.54, 1.807) is 38.5 Å². The highest BCUT2D eigenvalue weighted by Gasteiger charge is 2.51. The fraction of sp³-hybridized carbons (Fsp3) is 1.00. The molecule has 4 bridgehead atoms. The van der Waals surface area contributed by atoms with Gasteiger partial charge in [-0.2, -0.15) is 0 Å². The Morgan fingerprint density at radius 2 is 1.74 bits per heavy atom. The molecular weight excluding hydrogens is 234 g/mol. The largest absolute Gasteiger partial charge is 0.381 e. The van der Waals surface area contributed by atoms with Crippen molar-refractivity contribution in [1.29, 1.82) is 0 Å². The van der Waals surface area contributed by atoms with Gasteiger partial charge in [0.2, 0.25) is 0 Å². The third kappa shape index (κ3) is 2.25. The van der Waals surface area contributed by atoms with Gasteiger partial charge in [-0.3, -0.25) is 0 Å². The van der Waals surface area contributed by atoms with Gasteiger partial charge in [0.05, 0.1) is 6.61 Å². The van der Waals surface area contributed by atoms with Gasteiger partial charge in [0.1, 0.15) is 0 Å². The van der Waals surface area contributed by atoms with E-state index in [-0.39, 0.29) is 0 Å². The van der Waals surface area contributed by atoms with E-state index in [0.29, 0.717) is 11.5 Å². The van der Waals surface area contributed by atoms with E-state index >= 15 is 0 Å². The average Bonchev–Trinajstić information content (AvgIpc) is 2.88. The van der Waals surface area contributed by atoms with Crippen LogP contribution in [0.4, 0.5) is 0 Å². The number of hydrogen-bond donors (Lipinski definition) is 1. The normalized spacial score (nSPS) is 49.7. The van der Waals surface area contributed by atoms with Gasteiger partial charge in [0, 0.05) is 12.6 Å². The molecule has 1 N–H and O–H groups in total. The molecule has 0 aromatic heterocycles. The Kier molecular flexibility index (Phi) is 3.15. The fourth-order valence-electron chi connectivity index (χ4n) is 6.38. The van der Waals surface area contributed by atoms with Gasteiger partial charge in [-0.05, 0) is 87.5 Å². The quantitative estimate of drug-likeness (QED) is 0.841. The SMILES string of the molecule is CNC(CC12CC3CC(CC(C3)C1)C2)C1CCOC1. The molecule has 2 unspecified atom stereocenters. The minimum absolute atomic E-state index is 0.707. The van der Waals surface area contributed by atoms with Crippen LogP contribution in [-0.4, -0.2) is 26.3 Å². The van der Waals surface area contributed by atoms with E-state index in [9.17, 15) is 0 Å². The van der Waals surface area contributed by atoms with Crippen LogP contribution in [0.2, 0.25) is 0 Å². The van der Waals surface area contributed by atoms with Gasteiger partial charge in [-0.1, -0.05) is 0 Å². The van der Waals surface area contributed by atoms with Crippen LogP contribution in [0, 0.1) is 29.1 Å². The molecule has 0 radical (unpaired) electrons. The van der Waals surface area contributed by atoms with Crippen LogP contribution in [-0.2, 0) is 4.74 Å². The Balaban J connectivity index is 1.48. The summed E-state index contributed by atoms with van der Waals surface area (Å²) in [5.41, 5.74) is 0.713. The van der Waals surface area contributed by atoms with Crippen molar-refractivity contribution in [2.45, 2.75) is 57.4 Å².